The van der Waals surface area contributed by atoms with Gasteiger partial charge < -0.3 is 5.32 Å². The molecule has 0 aliphatic heterocycles. The average molecular weight is 326 g/mol. The molecule has 2 N–H and O–H groups in total. The number of nitrogens with one attached hydrogen (secondary N) is 2. The molecule has 23 heavy (non-hydrogen) atoms. The lowest BCUT2D eigenvalue weighted by atomic mass is 10.1. The fourth-order valence-electron chi connectivity index (χ4n) is 2.36. The van der Waals surface area contributed by atoms with E-state index in [0.717, 1.165) is 22.1 Å². The second-order valence-electron chi connectivity index (χ2n) is 6.46. The minimum absolute atomic E-state index is 0.246. The van der Waals surface area contributed by atoms with Gasteiger partial charge in [0.05, 0.1) is 31.3 Å². The summed E-state index contributed by atoms with van der Waals surface area (Å²) in [7, 11) is -1.53. The molecule has 2 heterocycles. The number of rotatable bonds is 4. The largest absolute Gasteiger partial charge is 0.351 e. The molecule has 4 nitrogen and oxygen atoms in total. The number of H-pyrrole nitrogens is 1. The highest BCUT2D eigenvalue weighted by Gasteiger charge is 2.18. The molecule has 0 aliphatic rings. The number of anilines is 2. The Bertz CT molecular complexity index is 810. The molecular weight excluding hydrogens is 307 g/mol. The Hall–Kier alpha value is -2.47. The molecule has 0 unspecified atom stereocenters. The average Bonchev–Trinajstić information content (AvgIpc) is 3.03. The number of halogens is 1. The van der Waals surface area contributed by atoms with Gasteiger partial charge in [-0.15, -0.1) is 0 Å². The van der Waals surface area contributed by atoms with E-state index in [1.54, 1.807) is 30.7 Å². The first-order chi connectivity index (χ1) is 10.9. The summed E-state index contributed by atoms with van der Waals surface area (Å²) in [4.78, 5) is 4.13. The van der Waals surface area contributed by atoms with Gasteiger partial charge >= 0.3 is 0 Å². The molecule has 0 aliphatic carbocycles. The van der Waals surface area contributed by atoms with Crippen LogP contribution in [0, 0.1) is 5.82 Å². The van der Waals surface area contributed by atoms with Crippen LogP contribution in [0.2, 0.25) is 19.6 Å². The van der Waals surface area contributed by atoms with E-state index in [-0.39, 0.29) is 5.82 Å². The Kier molecular flexibility index (Phi) is 4.00. The van der Waals surface area contributed by atoms with Crippen molar-refractivity contribution in [1.29, 1.82) is 0 Å². The highest BCUT2D eigenvalue weighted by molar-refractivity contribution is 6.88. The van der Waals surface area contributed by atoms with E-state index in [4.69, 9.17) is 0 Å². The van der Waals surface area contributed by atoms with E-state index >= 15 is 0 Å². The van der Waals surface area contributed by atoms with Gasteiger partial charge in [0.1, 0.15) is 5.82 Å². The Morgan fingerprint density at radius 3 is 2.52 bits per heavy atom. The second-order valence-corrected chi connectivity index (χ2v) is 11.5. The van der Waals surface area contributed by atoms with Gasteiger partial charge in [-0.25, -0.2) is 4.39 Å². The maximum atomic E-state index is 14.5. The van der Waals surface area contributed by atoms with Gasteiger partial charge in [0.15, 0.2) is 0 Å². The summed E-state index contributed by atoms with van der Waals surface area (Å²) in [5.74, 6) is -0.246. The zero-order valence-corrected chi connectivity index (χ0v) is 14.4. The zero-order valence-electron chi connectivity index (χ0n) is 13.4. The summed E-state index contributed by atoms with van der Waals surface area (Å²) >= 11 is 0. The highest BCUT2D eigenvalue weighted by Crippen LogP contribution is 2.28. The van der Waals surface area contributed by atoms with E-state index in [1.165, 1.54) is 0 Å². The number of aromatic amines is 1. The van der Waals surface area contributed by atoms with Crippen molar-refractivity contribution >= 4 is 24.6 Å². The number of pyridine rings is 1. The Morgan fingerprint density at radius 1 is 1.04 bits per heavy atom. The van der Waals surface area contributed by atoms with Crippen molar-refractivity contribution in [1.82, 2.24) is 15.2 Å². The monoisotopic (exact) mass is 326 g/mol. The lowest BCUT2D eigenvalue weighted by Gasteiger charge is -2.18. The van der Waals surface area contributed by atoms with Crippen molar-refractivity contribution < 1.29 is 4.39 Å². The number of nitrogens with zero attached hydrogens (tertiary/aromatic N) is 2. The highest BCUT2D eigenvalue weighted by atomic mass is 28.3. The van der Waals surface area contributed by atoms with Crippen LogP contribution >= 0.6 is 0 Å². The summed E-state index contributed by atoms with van der Waals surface area (Å²) in [5, 5.41) is 11.1. The van der Waals surface area contributed by atoms with E-state index in [2.05, 4.69) is 40.1 Å². The van der Waals surface area contributed by atoms with Crippen LogP contribution < -0.4 is 10.5 Å². The molecule has 3 rings (SSSR count). The minimum atomic E-state index is -1.53. The molecule has 0 fully saturated rings. The molecule has 0 atom stereocenters. The Morgan fingerprint density at radius 2 is 1.87 bits per heavy atom. The lowest BCUT2D eigenvalue weighted by molar-refractivity contribution is 0.633. The second kappa shape index (κ2) is 5.96. The van der Waals surface area contributed by atoms with Crippen molar-refractivity contribution in [2.45, 2.75) is 19.6 Å². The van der Waals surface area contributed by atoms with Crippen LogP contribution in [-0.2, 0) is 0 Å². The van der Waals surface area contributed by atoms with Gasteiger partial charge in [0.2, 0.25) is 0 Å². The normalized spacial score (nSPS) is 11.5. The first-order valence-corrected chi connectivity index (χ1v) is 11.0. The number of benzene rings is 1. The lowest BCUT2D eigenvalue weighted by Crippen LogP contribution is -2.37. The molecule has 0 amide bonds. The predicted octanol–water partition coefficient (Wildman–Crippen LogP) is 3.90. The van der Waals surface area contributed by atoms with Crippen molar-refractivity contribution in [2.24, 2.45) is 0 Å². The molecule has 0 spiro atoms. The summed E-state index contributed by atoms with van der Waals surface area (Å²) < 4.78 is 14.5. The van der Waals surface area contributed by atoms with Gasteiger partial charge in [-0.05, 0) is 24.3 Å². The molecule has 2 aromatic heterocycles. The first kappa shape index (κ1) is 15.4. The van der Waals surface area contributed by atoms with Crippen LogP contribution in [0.15, 0.2) is 48.9 Å². The van der Waals surface area contributed by atoms with Crippen molar-refractivity contribution in [3.63, 3.8) is 0 Å². The van der Waals surface area contributed by atoms with E-state index in [1.807, 2.05) is 18.2 Å². The van der Waals surface area contributed by atoms with Gasteiger partial charge in [-0.3, -0.25) is 10.1 Å². The molecule has 118 valence electrons. The van der Waals surface area contributed by atoms with Crippen LogP contribution in [0.3, 0.4) is 0 Å². The van der Waals surface area contributed by atoms with E-state index < -0.39 is 8.07 Å². The maximum Gasteiger partial charge on any atom is 0.146 e. The van der Waals surface area contributed by atoms with Crippen LogP contribution in [-0.4, -0.2) is 23.3 Å². The van der Waals surface area contributed by atoms with E-state index in [0.29, 0.717) is 5.69 Å². The Balaban J connectivity index is 1.95. The van der Waals surface area contributed by atoms with Crippen LogP contribution in [0.1, 0.15) is 0 Å². The third-order valence-corrected chi connectivity index (χ3v) is 5.76. The fraction of sp³-hybridized carbons (Fsp3) is 0.176. The molecule has 6 heteroatoms. The van der Waals surface area contributed by atoms with Crippen LogP contribution in [0.4, 0.5) is 15.8 Å². The maximum absolute atomic E-state index is 14.5. The molecular formula is C17H19FN4Si. The SMILES string of the molecule is C[Si](C)(C)c1ccc(Nc2cnccc2-c2ccn[nH]2)c(F)c1. The Labute approximate surface area is 135 Å². The number of hydrogen-bond donors (Lipinski definition) is 2. The third kappa shape index (κ3) is 3.32. The van der Waals surface area contributed by atoms with Gasteiger partial charge in [0, 0.05) is 18.0 Å². The first-order valence-electron chi connectivity index (χ1n) is 7.46. The molecule has 1 aromatic carbocycles. The molecule has 0 saturated carbocycles. The van der Waals surface area contributed by atoms with Gasteiger partial charge in [-0.2, -0.15) is 5.10 Å². The van der Waals surface area contributed by atoms with Crippen molar-refractivity contribution in [3.8, 4) is 11.3 Å². The van der Waals surface area contributed by atoms with Crippen LogP contribution in [0.25, 0.3) is 11.3 Å². The molecule has 0 bridgehead atoms. The third-order valence-electron chi connectivity index (χ3n) is 3.72. The summed E-state index contributed by atoms with van der Waals surface area (Å²) in [6, 6.07) is 9.17. The zero-order chi connectivity index (χ0) is 16.4. The predicted molar refractivity (Wildman–Crippen MR) is 94.5 cm³/mol. The number of hydrogen-bond acceptors (Lipinski definition) is 3. The smallest absolute Gasteiger partial charge is 0.146 e. The standard InChI is InChI=1S/C17H19FN4Si/c1-23(2,3)12-4-5-16(14(18)10-12)21-17-11-19-8-6-13(17)15-7-9-20-22-15/h4-11,21H,1-3H3,(H,20,22). The fourth-order valence-corrected chi connectivity index (χ4v) is 3.51. The minimum Gasteiger partial charge on any atom is -0.351 e. The molecule has 0 saturated heterocycles. The summed E-state index contributed by atoms with van der Waals surface area (Å²) in [6.45, 7) is 6.60. The quantitative estimate of drug-likeness (QED) is 0.715. The van der Waals surface area contributed by atoms with Crippen molar-refractivity contribution in [2.75, 3.05) is 5.32 Å². The summed E-state index contributed by atoms with van der Waals surface area (Å²) in [6.07, 6.45) is 5.07. The van der Waals surface area contributed by atoms with Crippen LogP contribution in [0.5, 0.6) is 0 Å². The van der Waals surface area contributed by atoms with Crippen molar-refractivity contribution in [3.05, 3.63) is 54.7 Å². The number of aromatic nitrogens is 3. The molecule has 0 radical (unpaired) electrons. The van der Waals surface area contributed by atoms with Gasteiger partial charge in [0.25, 0.3) is 0 Å². The van der Waals surface area contributed by atoms with Gasteiger partial charge in [-0.1, -0.05) is 30.9 Å². The topological polar surface area (TPSA) is 53.6 Å². The van der Waals surface area contributed by atoms with E-state index in [9.17, 15) is 4.39 Å². The molecule has 3 aromatic rings. The summed E-state index contributed by atoms with van der Waals surface area (Å²) in [5.41, 5.74) is 2.93.